The van der Waals surface area contributed by atoms with Crippen LogP contribution in [0, 0.1) is 18.8 Å². The Labute approximate surface area is 151 Å². The zero-order chi connectivity index (χ0) is 18.1. The maximum absolute atomic E-state index is 12.8. The highest BCUT2D eigenvalue weighted by molar-refractivity contribution is 6.30. The van der Waals surface area contributed by atoms with Gasteiger partial charge in [-0.05, 0) is 42.9 Å². The van der Waals surface area contributed by atoms with Crippen LogP contribution in [-0.4, -0.2) is 17.0 Å². The summed E-state index contributed by atoms with van der Waals surface area (Å²) in [7, 11) is 0. The van der Waals surface area contributed by atoms with Gasteiger partial charge in [-0.1, -0.05) is 30.7 Å². The summed E-state index contributed by atoms with van der Waals surface area (Å²) in [6.07, 6.45) is 2.15. The number of carbonyl (C=O) groups excluding carboxylic acids is 1. The van der Waals surface area contributed by atoms with Crippen LogP contribution in [0.4, 0.5) is 0 Å². The van der Waals surface area contributed by atoms with Crippen LogP contribution >= 0.6 is 11.6 Å². The number of carboxylic acids is 1. The van der Waals surface area contributed by atoms with Crippen LogP contribution < -0.4 is 5.32 Å². The molecule has 25 heavy (non-hydrogen) atoms. The van der Waals surface area contributed by atoms with Gasteiger partial charge in [0, 0.05) is 10.6 Å². The number of aliphatic carboxylic acids is 1. The molecule has 0 spiro atoms. The number of furan rings is 1. The predicted molar refractivity (Wildman–Crippen MR) is 93.7 cm³/mol. The second kappa shape index (κ2) is 6.92. The maximum Gasteiger partial charge on any atom is 0.311 e. The van der Waals surface area contributed by atoms with Crippen LogP contribution in [-0.2, 0) is 11.2 Å². The van der Waals surface area contributed by atoms with Crippen molar-refractivity contribution in [3.8, 4) is 0 Å². The fraction of sp³-hybridized carbons (Fsp3) is 0.368. The van der Waals surface area contributed by atoms with E-state index in [1.807, 2.05) is 24.3 Å². The van der Waals surface area contributed by atoms with Gasteiger partial charge in [-0.2, -0.15) is 0 Å². The highest BCUT2D eigenvalue weighted by atomic mass is 35.5. The number of amides is 1. The first-order chi connectivity index (χ1) is 11.9. The molecular weight excluding hydrogens is 342 g/mol. The van der Waals surface area contributed by atoms with Crippen LogP contribution in [0.2, 0.25) is 5.02 Å². The molecule has 1 aromatic heterocycles. The molecule has 1 amide bonds. The van der Waals surface area contributed by atoms with Gasteiger partial charge < -0.3 is 14.8 Å². The maximum atomic E-state index is 12.8. The van der Waals surface area contributed by atoms with E-state index in [9.17, 15) is 9.59 Å². The summed E-state index contributed by atoms with van der Waals surface area (Å²) in [6.45, 7) is 3.89. The molecule has 3 atom stereocenters. The number of aryl methyl sites for hydroxylation is 1. The first-order valence-corrected chi connectivity index (χ1v) is 8.59. The third kappa shape index (κ3) is 3.87. The van der Waals surface area contributed by atoms with Crippen LogP contribution in [0.25, 0.3) is 0 Å². The van der Waals surface area contributed by atoms with Crippen molar-refractivity contribution in [2.45, 2.75) is 32.7 Å². The molecule has 2 N–H and O–H groups in total. The smallest absolute Gasteiger partial charge is 0.311 e. The van der Waals surface area contributed by atoms with Gasteiger partial charge in [0.05, 0.1) is 17.9 Å². The molecule has 3 rings (SSSR count). The topological polar surface area (TPSA) is 79.5 Å². The van der Waals surface area contributed by atoms with Crippen molar-refractivity contribution in [2.75, 3.05) is 0 Å². The highest BCUT2D eigenvalue weighted by Gasteiger charge is 2.41. The minimum absolute atomic E-state index is 0.133. The van der Waals surface area contributed by atoms with Crippen molar-refractivity contribution in [3.05, 3.63) is 58.0 Å². The number of carboxylic acid groups (broad SMARTS) is 1. The Balaban J connectivity index is 1.85. The molecule has 0 radical (unpaired) electrons. The lowest BCUT2D eigenvalue weighted by atomic mass is 10.00. The molecule has 132 valence electrons. The Hall–Kier alpha value is -2.27. The van der Waals surface area contributed by atoms with E-state index in [0.29, 0.717) is 28.0 Å². The summed E-state index contributed by atoms with van der Waals surface area (Å²) < 4.78 is 5.27. The zero-order valence-corrected chi connectivity index (χ0v) is 14.8. The summed E-state index contributed by atoms with van der Waals surface area (Å²) in [5, 5.41) is 12.7. The number of carbonyl (C=O) groups is 2. The predicted octanol–water partition coefficient (Wildman–Crippen LogP) is 4.00. The van der Waals surface area contributed by atoms with E-state index in [1.165, 1.54) is 6.26 Å². The van der Waals surface area contributed by atoms with Gasteiger partial charge in [-0.15, -0.1) is 0 Å². The fourth-order valence-corrected chi connectivity index (χ4v) is 3.33. The Bertz CT molecular complexity index is 796. The molecule has 2 aromatic rings. The lowest BCUT2D eigenvalue weighted by molar-refractivity contribution is -0.136. The largest absolute Gasteiger partial charge is 0.481 e. The number of rotatable bonds is 6. The van der Waals surface area contributed by atoms with E-state index in [0.717, 1.165) is 12.0 Å². The molecule has 0 bridgehead atoms. The van der Waals surface area contributed by atoms with Crippen molar-refractivity contribution >= 4 is 23.5 Å². The average Bonchev–Trinajstić information content (AvgIpc) is 3.16. The first kappa shape index (κ1) is 17.5. The number of hydrogen-bond acceptors (Lipinski definition) is 3. The molecular formula is C19H20ClNO4. The van der Waals surface area contributed by atoms with Crippen LogP contribution in [0.5, 0.6) is 0 Å². The number of hydrogen-bond donors (Lipinski definition) is 2. The number of nitrogens with one attached hydrogen (secondary N) is 1. The van der Waals surface area contributed by atoms with E-state index in [-0.39, 0.29) is 24.1 Å². The van der Waals surface area contributed by atoms with Crippen LogP contribution in [0.15, 0.2) is 34.9 Å². The Morgan fingerprint density at radius 3 is 2.56 bits per heavy atom. The van der Waals surface area contributed by atoms with Crippen molar-refractivity contribution < 1.29 is 19.1 Å². The van der Waals surface area contributed by atoms with Crippen molar-refractivity contribution in [1.29, 1.82) is 0 Å². The molecule has 5 nitrogen and oxygen atoms in total. The van der Waals surface area contributed by atoms with Gasteiger partial charge in [-0.25, -0.2) is 0 Å². The normalized spacial score (nSPS) is 20.1. The van der Waals surface area contributed by atoms with E-state index < -0.39 is 5.97 Å². The average molecular weight is 362 g/mol. The summed E-state index contributed by atoms with van der Waals surface area (Å²) >= 11 is 5.96. The van der Waals surface area contributed by atoms with Crippen LogP contribution in [0.1, 0.15) is 46.6 Å². The van der Waals surface area contributed by atoms with Gasteiger partial charge in [-0.3, -0.25) is 9.59 Å². The summed E-state index contributed by atoms with van der Waals surface area (Å²) in [5.74, 6) is -0.263. The first-order valence-electron chi connectivity index (χ1n) is 8.22. The molecule has 3 unspecified atom stereocenters. The Kier molecular flexibility index (Phi) is 4.86. The molecule has 1 saturated carbocycles. The summed E-state index contributed by atoms with van der Waals surface area (Å²) in [6, 6.07) is 7.31. The summed E-state index contributed by atoms with van der Waals surface area (Å²) in [4.78, 5) is 23.8. The monoisotopic (exact) mass is 361 g/mol. The quantitative estimate of drug-likeness (QED) is 0.815. The van der Waals surface area contributed by atoms with E-state index in [1.54, 1.807) is 6.92 Å². The van der Waals surface area contributed by atoms with Crippen molar-refractivity contribution in [3.63, 3.8) is 0 Å². The molecule has 0 aliphatic heterocycles. The van der Waals surface area contributed by atoms with Gasteiger partial charge >= 0.3 is 5.97 Å². The molecule has 1 heterocycles. The van der Waals surface area contributed by atoms with Crippen molar-refractivity contribution in [2.24, 2.45) is 11.8 Å². The van der Waals surface area contributed by atoms with Gasteiger partial charge in [0.25, 0.3) is 5.91 Å². The van der Waals surface area contributed by atoms with Gasteiger partial charge in [0.1, 0.15) is 12.2 Å². The van der Waals surface area contributed by atoms with E-state index >= 15 is 0 Å². The molecule has 1 aromatic carbocycles. The molecule has 1 fully saturated rings. The fourth-order valence-electron chi connectivity index (χ4n) is 3.21. The van der Waals surface area contributed by atoms with E-state index in [2.05, 4.69) is 12.2 Å². The minimum atomic E-state index is -1.03. The van der Waals surface area contributed by atoms with Crippen LogP contribution in [0.3, 0.4) is 0 Å². The lowest BCUT2D eigenvalue weighted by Gasteiger charge is -2.20. The SMILES string of the molecule is Cc1coc(CC(=O)O)c1C(=O)NC(c1ccc(Cl)cc1)C1CC1C. The molecule has 0 saturated heterocycles. The molecule has 1 aliphatic rings. The lowest BCUT2D eigenvalue weighted by Crippen LogP contribution is -2.31. The van der Waals surface area contributed by atoms with E-state index in [4.69, 9.17) is 21.1 Å². The van der Waals surface area contributed by atoms with Crippen molar-refractivity contribution in [1.82, 2.24) is 5.32 Å². The Morgan fingerprint density at radius 2 is 2.00 bits per heavy atom. The number of halogens is 1. The molecule has 6 heteroatoms. The zero-order valence-electron chi connectivity index (χ0n) is 14.1. The highest BCUT2D eigenvalue weighted by Crippen LogP contribution is 2.47. The van der Waals surface area contributed by atoms with Gasteiger partial charge in [0.2, 0.25) is 0 Å². The van der Waals surface area contributed by atoms with Gasteiger partial charge in [0.15, 0.2) is 0 Å². The summed E-state index contributed by atoms with van der Waals surface area (Å²) in [5.41, 5.74) is 1.94. The third-order valence-corrected chi connectivity index (χ3v) is 4.96. The standard InChI is InChI=1S/C19H20ClNO4/c1-10-7-14(10)18(12-3-5-13(20)6-4-12)21-19(24)17-11(2)9-25-15(17)8-16(22)23/h3-6,9-10,14,18H,7-8H2,1-2H3,(H,21,24)(H,22,23). The Morgan fingerprint density at radius 1 is 1.36 bits per heavy atom. The third-order valence-electron chi connectivity index (χ3n) is 4.71. The molecule has 1 aliphatic carbocycles. The second-order valence-corrected chi connectivity index (χ2v) is 7.10. The number of benzene rings is 1. The minimum Gasteiger partial charge on any atom is -0.481 e. The second-order valence-electron chi connectivity index (χ2n) is 6.67.